The van der Waals surface area contributed by atoms with Crippen molar-refractivity contribution in [2.75, 3.05) is 0 Å². The van der Waals surface area contributed by atoms with Crippen molar-refractivity contribution < 1.29 is 18.7 Å². The summed E-state index contributed by atoms with van der Waals surface area (Å²) in [5.41, 5.74) is -0.641. The van der Waals surface area contributed by atoms with Crippen LogP contribution in [0.3, 0.4) is 0 Å². The van der Waals surface area contributed by atoms with E-state index in [4.69, 9.17) is 5.11 Å². The number of aromatic hydroxyl groups is 1. The minimum Gasteiger partial charge on any atom is -0.506 e. The maximum Gasteiger partial charge on any atom is 0.265 e. The summed E-state index contributed by atoms with van der Waals surface area (Å²) in [6.45, 7) is 0. The van der Waals surface area contributed by atoms with E-state index in [0.717, 1.165) is 12.3 Å². The molecule has 0 spiro atoms. The van der Waals surface area contributed by atoms with Crippen molar-refractivity contribution in [1.29, 1.82) is 0 Å². The lowest BCUT2D eigenvalue weighted by atomic mass is 10.2. The van der Waals surface area contributed by atoms with Crippen molar-refractivity contribution in [3.8, 4) is 5.75 Å². The second-order valence-electron chi connectivity index (χ2n) is 2.09. The van der Waals surface area contributed by atoms with Gasteiger partial charge in [0.25, 0.3) is 6.43 Å². The van der Waals surface area contributed by atoms with Gasteiger partial charge in [0.2, 0.25) is 0 Å². The predicted molar refractivity (Wildman–Crippen MR) is 36.2 cm³/mol. The molecule has 5 heteroatoms. The molecule has 3 nitrogen and oxygen atoms in total. The molecule has 0 radical (unpaired) electrons. The second kappa shape index (κ2) is 3.25. The molecule has 0 bridgehead atoms. The summed E-state index contributed by atoms with van der Waals surface area (Å²) in [7, 11) is 0. The largest absolute Gasteiger partial charge is 0.506 e. The summed E-state index contributed by atoms with van der Waals surface area (Å²) < 4.78 is 23.9. The van der Waals surface area contributed by atoms with Gasteiger partial charge >= 0.3 is 0 Å². The average Bonchev–Trinajstić information content (AvgIpc) is 2.04. The Balaban J connectivity index is 3.10. The molecule has 64 valence electrons. The van der Waals surface area contributed by atoms with Gasteiger partial charge in [-0.2, -0.15) is 0 Å². The molecule has 0 amide bonds. The molecule has 0 aliphatic carbocycles. The van der Waals surface area contributed by atoms with Gasteiger partial charge < -0.3 is 5.11 Å². The van der Waals surface area contributed by atoms with Gasteiger partial charge in [-0.1, -0.05) is 0 Å². The van der Waals surface area contributed by atoms with E-state index in [1.54, 1.807) is 0 Å². The SMILES string of the molecule is O=Cc1ncc(C(F)F)cc1O. The Morgan fingerprint density at radius 1 is 1.58 bits per heavy atom. The predicted octanol–water partition coefficient (Wildman–Crippen LogP) is 1.54. The van der Waals surface area contributed by atoms with Gasteiger partial charge in [-0.3, -0.25) is 4.79 Å². The first kappa shape index (κ1) is 8.58. The molecule has 0 saturated heterocycles. The average molecular weight is 173 g/mol. The minimum atomic E-state index is -2.69. The van der Waals surface area contributed by atoms with E-state index in [2.05, 4.69) is 4.98 Å². The van der Waals surface area contributed by atoms with Crippen LogP contribution in [0.1, 0.15) is 22.5 Å². The van der Waals surface area contributed by atoms with Gasteiger partial charge in [-0.15, -0.1) is 0 Å². The molecule has 0 aliphatic heterocycles. The number of hydrogen-bond donors (Lipinski definition) is 1. The molecule has 1 rings (SSSR count). The van der Waals surface area contributed by atoms with Crippen LogP contribution in [0.25, 0.3) is 0 Å². The van der Waals surface area contributed by atoms with Crippen LogP contribution in [0, 0.1) is 0 Å². The van der Waals surface area contributed by atoms with Crippen LogP contribution in [0.4, 0.5) is 8.78 Å². The van der Waals surface area contributed by atoms with E-state index in [0.29, 0.717) is 6.29 Å². The zero-order valence-corrected chi connectivity index (χ0v) is 5.87. The number of alkyl halides is 2. The third kappa shape index (κ3) is 1.55. The normalized spacial score (nSPS) is 10.2. The van der Waals surface area contributed by atoms with Gasteiger partial charge in [0, 0.05) is 11.8 Å². The smallest absolute Gasteiger partial charge is 0.265 e. The number of pyridine rings is 1. The molecule has 0 aliphatic rings. The van der Waals surface area contributed by atoms with E-state index >= 15 is 0 Å². The molecule has 1 heterocycles. The van der Waals surface area contributed by atoms with Crippen LogP contribution in [0.15, 0.2) is 12.3 Å². The van der Waals surface area contributed by atoms with Crippen LogP contribution in [-0.2, 0) is 0 Å². The summed E-state index contributed by atoms with van der Waals surface area (Å²) in [4.78, 5) is 13.4. The van der Waals surface area contributed by atoms with Crippen molar-refractivity contribution in [3.63, 3.8) is 0 Å². The number of carbonyl (C=O) groups excluding carboxylic acids is 1. The van der Waals surface area contributed by atoms with Crippen LogP contribution >= 0.6 is 0 Å². The molecule has 0 atom stereocenters. The Hall–Kier alpha value is -1.52. The topological polar surface area (TPSA) is 50.2 Å². The Morgan fingerprint density at radius 3 is 2.67 bits per heavy atom. The molecular formula is C7H5F2NO2. The molecule has 1 aromatic heterocycles. The van der Waals surface area contributed by atoms with E-state index in [1.807, 2.05) is 0 Å². The molecule has 0 unspecified atom stereocenters. The van der Waals surface area contributed by atoms with Crippen molar-refractivity contribution in [2.45, 2.75) is 6.43 Å². The number of aromatic nitrogens is 1. The Labute approximate surface area is 66.7 Å². The quantitative estimate of drug-likeness (QED) is 0.690. The maximum atomic E-state index is 11.9. The lowest BCUT2D eigenvalue weighted by molar-refractivity contribution is 0.111. The van der Waals surface area contributed by atoms with E-state index in [-0.39, 0.29) is 5.69 Å². The van der Waals surface area contributed by atoms with Crippen molar-refractivity contribution in [3.05, 3.63) is 23.5 Å². The van der Waals surface area contributed by atoms with E-state index < -0.39 is 17.7 Å². The molecule has 0 saturated carbocycles. The summed E-state index contributed by atoms with van der Waals surface area (Å²) in [6.07, 6.45) is -1.54. The fourth-order valence-electron chi connectivity index (χ4n) is 0.689. The molecule has 0 aromatic carbocycles. The highest BCUT2D eigenvalue weighted by molar-refractivity contribution is 5.75. The van der Waals surface area contributed by atoms with Gasteiger partial charge in [0.1, 0.15) is 11.4 Å². The van der Waals surface area contributed by atoms with Crippen molar-refractivity contribution >= 4 is 6.29 Å². The van der Waals surface area contributed by atoms with Crippen molar-refractivity contribution in [2.24, 2.45) is 0 Å². The number of carbonyl (C=O) groups is 1. The Bertz CT molecular complexity index is 301. The summed E-state index contributed by atoms with van der Waals surface area (Å²) in [5, 5.41) is 8.91. The molecule has 1 N–H and O–H groups in total. The number of aldehydes is 1. The molecule has 1 aromatic rings. The third-order valence-electron chi connectivity index (χ3n) is 1.28. The maximum absolute atomic E-state index is 11.9. The summed E-state index contributed by atoms with van der Waals surface area (Å²) in [6, 6.07) is 0.821. The monoisotopic (exact) mass is 173 g/mol. The fourth-order valence-corrected chi connectivity index (χ4v) is 0.689. The Kier molecular flexibility index (Phi) is 2.32. The number of hydrogen-bond acceptors (Lipinski definition) is 3. The first-order valence-corrected chi connectivity index (χ1v) is 3.07. The standard InChI is InChI=1S/C7H5F2NO2/c8-7(9)4-1-6(12)5(3-11)10-2-4/h1-3,7,12H. The zero-order chi connectivity index (χ0) is 9.14. The van der Waals surface area contributed by atoms with Gasteiger partial charge in [-0.25, -0.2) is 13.8 Å². The zero-order valence-electron chi connectivity index (χ0n) is 5.87. The van der Waals surface area contributed by atoms with Gasteiger partial charge in [-0.05, 0) is 6.07 Å². The number of rotatable bonds is 2. The van der Waals surface area contributed by atoms with Crippen molar-refractivity contribution in [1.82, 2.24) is 4.98 Å². The highest BCUT2D eigenvalue weighted by Crippen LogP contribution is 2.22. The lowest BCUT2D eigenvalue weighted by Crippen LogP contribution is -1.91. The minimum absolute atomic E-state index is 0.237. The first-order valence-electron chi connectivity index (χ1n) is 3.07. The van der Waals surface area contributed by atoms with Gasteiger partial charge in [0.05, 0.1) is 0 Å². The second-order valence-corrected chi connectivity index (χ2v) is 2.09. The number of nitrogens with zero attached hydrogens (tertiary/aromatic N) is 1. The first-order chi connectivity index (χ1) is 5.65. The highest BCUT2D eigenvalue weighted by Gasteiger charge is 2.10. The summed E-state index contributed by atoms with van der Waals surface area (Å²) >= 11 is 0. The third-order valence-corrected chi connectivity index (χ3v) is 1.28. The highest BCUT2D eigenvalue weighted by atomic mass is 19.3. The Morgan fingerprint density at radius 2 is 2.25 bits per heavy atom. The van der Waals surface area contributed by atoms with Gasteiger partial charge in [0.15, 0.2) is 6.29 Å². The molecule has 0 fully saturated rings. The van der Waals surface area contributed by atoms with Crippen LogP contribution < -0.4 is 0 Å². The molecular weight excluding hydrogens is 168 g/mol. The summed E-state index contributed by atoms with van der Waals surface area (Å²) in [5.74, 6) is -0.525. The van der Waals surface area contributed by atoms with Crippen LogP contribution in [0.2, 0.25) is 0 Å². The fraction of sp³-hybridized carbons (Fsp3) is 0.143. The van der Waals surface area contributed by atoms with Crippen LogP contribution in [0.5, 0.6) is 5.75 Å². The van der Waals surface area contributed by atoms with Crippen LogP contribution in [-0.4, -0.2) is 16.4 Å². The van der Waals surface area contributed by atoms with E-state index in [9.17, 15) is 13.6 Å². The van der Waals surface area contributed by atoms with E-state index in [1.165, 1.54) is 0 Å². The number of halogens is 2. The molecule has 12 heavy (non-hydrogen) atoms. The lowest BCUT2D eigenvalue weighted by Gasteiger charge is -2.00.